The monoisotopic (exact) mass is 172 g/mol. The van der Waals surface area contributed by atoms with Crippen LogP contribution in [-0.4, -0.2) is 23.8 Å². The predicted molar refractivity (Wildman–Crippen MR) is 45.0 cm³/mol. The number of carboxylic acid groups (broad SMARTS) is 1. The van der Waals surface area contributed by atoms with Crippen LogP contribution < -0.4 is 0 Å². The lowest BCUT2D eigenvalue weighted by Gasteiger charge is -2.28. The highest BCUT2D eigenvalue weighted by Crippen LogP contribution is 2.24. The van der Waals surface area contributed by atoms with Gasteiger partial charge in [-0.05, 0) is 19.3 Å². The number of carbonyl (C=O) groups is 1. The van der Waals surface area contributed by atoms with Gasteiger partial charge in [-0.3, -0.25) is 4.79 Å². The molecule has 0 aromatic heterocycles. The van der Waals surface area contributed by atoms with Gasteiger partial charge in [-0.15, -0.1) is 0 Å². The van der Waals surface area contributed by atoms with E-state index in [1.807, 2.05) is 0 Å². The van der Waals surface area contributed by atoms with Gasteiger partial charge in [0.15, 0.2) is 0 Å². The van der Waals surface area contributed by atoms with Crippen molar-refractivity contribution >= 4 is 5.97 Å². The maximum Gasteiger partial charge on any atom is 0.309 e. The number of hydrogen-bond donors (Lipinski definition) is 1. The Hall–Kier alpha value is -0.570. The molecule has 0 bridgehead atoms. The summed E-state index contributed by atoms with van der Waals surface area (Å²) in [7, 11) is 0. The maximum absolute atomic E-state index is 10.8. The topological polar surface area (TPSA) is 46.5 Å². The smallest absolute Gasteiger partial charge is 0.309 e. The van der Waals surface area contributed by atoms with Crippen LogP contribution in [0, 0.1) is 5.92 Å². The Labute approximate surface area is 72.7 Å². The fourth-order valence-corrected chi connectivity index (χ4v) is 1.69. The molecule has 0 aromatic rings. The van der Waals surface area contributed by atoms with Crippen molar-refractivity contribution in [2.45, 2.75) is 38.7 Å². The van der Waals surface area contributed by atoms with Crippen molar-refractivity contribution in [3.63, 3.8) is 0 Å². The summed E-state index contributed by atoms with van der Waals surface area (Å²) in [6, 6.07) is 0. The Morgan fingerprint density at radius 2 is 2.42 bits per heavy atom. The Bertz CT molecular complexity index is 154. The first kappa shape index (κ1) is 9.52. The van der Waals surface area contributed by atoms with Gasteiger partial charge in [0.2, 0.25) is 0 Å². The van der Waals surface area contributed by atoms with Crippen LogP contribution in [0.1, 0.15) is 32.6 Å². The van der Waals surface area contributed by atoms with Gasteiger partial charge in [0.1, 0.15) is 0 Å². The molecule has 0 amide bonds. The van der Waals surface area contributed by atoms with Gasteiger partial charge in [0, 0.05) is 6.61 Å². The Kier molecular flexibility index (Phi) is 3.53. The lowest BCUT2D eigenvalue weighted by molar-refractivity contribution is -0.151. The number of carboxylic acids is 1. The number of rotatable bonds is 3. The van der Waals surface area contributed by atoms with Gasteiger partial charge in [-0.2, -0.15) is 0 Å². The fraction of sp³-hybridized carbons (Fsp3) is 0.889. The molecular weight excluding hydrogens is 156 g/mol. The normalized spacial score (nSPS) is 30.1. The molecule has 0 saturated carbocycles. The van der Waals surface area contributed by atoms with E-state index in [0.29, 0.717) is 0 Å². The highest BCUT2D eigenvalue weighted by molar-refractivity contribution is 5.70. The fourth-order valence-electron chi connectivity index (χ4n) is 1.69. The van der Waals surface area contributed by atoms with Crippen LogP contribution in [0.5, 0.6) is 0 Å². The second-order valence-electron chi connectivity index (χ2n) is 3.28. The second-order valence-corrected chi connectivity index (χ2v) is 3.28. The summed E-state index contributed by atoms with van der Waals surface area (Å²) < 4.78 is 5.41. The van der Waals surface area contributed by atoms with Crippen molar-refractivity contribution in [3.05, 3.63) is 0 Å². The first-order valence-electron chi connectivity index (χ1n) is 4.60. The van der Waals surface area contributed by atoms with E-state index in [0.717, 1.165) is 32.3 Å². The average molecular weight is 172 g/mol. The van der Waals surface area contributed by atoms with E-state index in [1.54, 1.807) is 0 Å². The SMILES string of the molecule is CCCC1OCCCC1C(=O)O. The number of hydrogen-bond acceptors (Lipinski definition) is 2. The van der Waals surface area contributed by atoms with Crippen molar-refractivity contribution in [1.82, 2.24) is 0 Å². The summed E-state index contributed by atoms with van der Waals surface area (Å²) in [6.07, 6.45) is 3.49. The molecule has 1 N–H and O–H groups in total. The molecule has 3 heteroatoms. The molecule has 2 unspecified atom stereocenters. The Balaban J connectivity index is 2.48. The molecule has 3 nitrogen and oxygen atoms in total. The lowest BCUT2D eigenvalue weighted by Crippen LogP contribution is -2.34. The van der Waals surface area contributed by atoms with Crippen LogP contribution in [0.25, 0.3) is 0 Å². The quantitative estimate of drug-likeness (QED) is 0.704. The molecule has 2 atom stereocenters. The largest absolute Gasteiger partial charge is 0.481 e. The summed E-state index contributed by atoms with van der Waals surface area (Å²) in [5.41, 5.74) is 0. The molecule has 12 heavy (non-hydrogen) atoms. The lowest BCUT2D eigenvalue weighted by atomic mass is 9.92. The van der Waals surface area contributed by atoms with Gasteiger partial charge in [0.25, 0.3) is 0 Å². The molecule has 1 fully saturated rings. The molecule has 1 heterocycles. The average Bonchev–Trinajstić information content (AvgIpc) is 2.05. The van der Waals surface area contributed by atoms with Gasteiger partial charge < -0.3 is 9.84 Å². The van der Waals surface area contributed by atoms with Gasteiger partial charge in [-0.1, -0.05) is 13.3 Å². The Morgan fingerprint density at radius 1 is 1.67 bits per heavy atom. The molecule has 1 aliphatic heterocycles. The first-order chi connectivity index (χ1) is 5.75. The molecular formula is C9H16O3. The van der Waals surface area contributed by atoms with Crippen molar-refractivity contribution < 1.29 is 14.6 Å². The third-order valence-electron chi connectivity index (χ3n) is 2.33. The third kappa shape index (κ3) is 2.21. The van der Waals surface area contributed by atoms with Crippen molar-refractivity contribution in [3.8, 4) is 0 Å². The molecule has 1 saturated heterocycles. The van der Waals surface area contributed by atoms with E-state index in [4.69, 9.17) is 9.84 Å². The minimum Gasteiger partial charge on any atom is -0.481 e. The highest BCUT2D eigenvalue weighted by Gasteiger charge is 2.30. The Morgan fingerprint density at radius 3 is 3.00 bits per heavy atom. The van der Waals surface area contributed by atoms with Crippen LogP contribution in [0.2, 0.25) is 0 Å². The zero-order chi connectivity index (χ0) is 8.97. The summed E-state index contributed by atoms with van der Waals surface area (Å²) in [4.78, 5) is 10.8. The summed E-state index contributed by atoms with van der Waals surface area (Å²) in [6.45, 7) is 2.78. The van der Waals surface area contributed by atoms with Gasteiger partial charge in [-0.25, -0.2) is 0 Å². The third-order valence-corrected chi connectivity index (χ3v) is 2.33. The van der Waals surface area contributed by atoms with Crippen molar-refractivity contribution in [2.75, 3.05) is 6.61 Å². The van der Waals surface area contributed by atoms with Crippen LogP contribution in [-0.2, 0) is 9.53 Å². The molecule has 0 aliphatic carbocycles. The summed E-state index contributed by atoms with van der Waals surface area (Å²) in [5, 5.41) is 8.86. The van der Waals surface area contributed by atoms with Crippen molar-refractivity contribution in [2.24, 2.45) is 5.92 Å². The second kappa shape index (κ2) is 4.45. The van der Waals surface area contributed by atoms with Crippen LogP contribution in [0.4, 0.5) is 0 Å². The zero-order valence-corrected chi connectivity index (χ0v) is 7.45. The van der Waals surface area contributed by atoms with E-state index >= 15 is 0 Å². The molecule has 0 radical (unpaired) electrons. The maximum atomic E-state index is 10.8. The van der Waals surface area contributed by atoms with E-state index in [1.165, 1.54) is 0 Å². The zero-order valence-electron chi connectivity index (χ0n) is 7.45. The van der Waals surface area contributed by atoms with Crippen LogP contribution >= 0.6 is 0 Å². The van der Waals surface area contributed by atoms with Crippen LogP contribution in [0.15, 0.2) is 0 Å². The molecule has 0 spiro atoms. The standard InChI is InChI=1S/C9H16O3/c1-2-4-8-7(9(10)11)5-3-6-12-8/h7-8H,2-6H2,1H3,(H,10,11). The van der Waals surface area contributed by atoms with E-state index in [-0.39, 0.29) is 12.0 Å². The van der Waals surface area contributed by atoms with E-state index < -0.39 is 5.97 Å². The minimum atomic E-state index is -0.701. The van der Waals surface area contributed by atoms with E-state index in [2.05, 4.69) is 6.92 Å². The van der Waals surface area contributed by atoms with E-state index in [9.17, 15) is 4.79 Å². The van der Waals surface area contributed by atoms with Gasteiger partial charge >= 0.3 is 5.97 Å². The summed E-state index contributed by atoms with van der Waals surface area (Å²) in [5.74, 6) is -0.966. The number of ether oxygens (including phenoxy) is 1. The highest BCUT2D eigenvalue weighted by atomic mass is 16.5. The van der Waals surface area contributed by atoms with Crippen molar-refractivity contribution in [1.29, 1.82) is 0 Å². The number of aliphatic carboxylic acids is 1. The predicted octanol–water partition coefficient (Wildman–Crippen LogP) is 1.67. The molecule has 1 rings (SSSR count). The van der Waals surface area contributed by atoms with Crippen LogP contribution in [0.3, 0.4) is 0 Å². The molecule has 0 aromatic carbocycles. The molecule has 70 valence electrons. The first-order valence-corrected chi connectivity index (χ1v) is 4.60. The minimum absolute atomic E-state index is 0.0405. The molecule has 1 aliphatic rings. The summed E-state index contributed by atoms with van der Waals surface area (Å²) >= 11 is 0. The van der Waals surface area contributed by atoms with Gasteiger partial charge in [0.05, 0.1) is 12.0 Å².